The first-order valence-corrected chi connectivity index (χ1v) is 11.6. The van der Waals surface area contributed by atoms with E-state index in [1.54, 1.807) is 12.3 Å². The van der Waals surface area contributed by atoms with Crippen LogP contribution in [0.2, 0.25) is 0 Å². The Morgan fingerprint density at radius 2 is 1.69 bits per heavy atom. The summed E-state index contributed by atoms with van der Waals surface area (Å²) in [5.74, 6) is 0.294. The third-order valence-electron chi connectivity index (χ3n) is 6.59. The van der Waals surface area contributed by atoms with Crippen LogP contribution in [0.1, 0.15) is 10.4 Å². The summed E-state index contributed by atoms with van der Waals surface area (Å²) in [6.45, 7) is 2.59. The molecule has 1 aliphatic rings. The number of rotatable bonds is 4. The molecule has 0 aliphatic carbocycles. The summed E-state index contributed by atoms with van der Waals surface area (Å²) >= 11 is 0. The second-order valence-corrected chi connectivity index (χ2v) is 8.65. The van der Waals surface area contributed by atoms with Crippen LogP contribution in [0.25, 0.3) is 33.3 Å². The van der Waals surface area contributed by atoms with Crippen LogP contribution in [0.3, 0.4) is 0 Å². The predicted octanol–water partition coefficient (Wildman–Crippen LogP) is 4.29. The van der Waals surface area contributed by atoms with Gasteiger partial charge in [0, 0.05) is 72.4 Å². The normalized spacial score (nSPS) is 13.9. The average Bonchev–Trinajstić information content (AvgIpc) is 3.58. The molecule has 1 saturated heterocycles. The minimum Gasteiger partial charge on any atom is -0.506 e. The van der Waals surface area contributed by atoms with Crippen LogP contribution in [-0.2, 0) is 0 Å². The van der Waals surface area contributed by atoms with Crippen LogP contribution in [0.5, 0.6) is 5.75 Å². The number of aromatic nitrogens is 4. The van der Waals surface area contributed by atoms with Gasteiger partial charge in [-0.2, -0.15) is 5.10 Å². The lowest BCUT2D eigenvalue weighted by Gasteiger charge is -2.36. The van der Waals surface area contributed by atoms with Gasteiger partial charge in [-0.3, -0.25) is 9.89 Å². The minimum absolute atomic E-state index is 0.0231. The van der Waals surface area contributed by atoms with Gasteiger partial charge in [-0.1, -0.05) is 24.3 Å². The van der Waals surface area contributed by atoms with Gasteiger partial charge in [-0.15, -0.1) is 0 Å². The van der Waals surface area contributed by atoms with E-state index >= 15 is 0 Å². The SMILES string of the molecule is O=C(c1ccc(-c2cnc3[nH]cc(-c4cn[nH]c4)c3c2)cc1)N1CCN(c2ccccc2O)CC1. The Bertz CT molecular complexity index is 1480. The van der Waals surface area contributed by atoms with Crippen molar-refractivity contribution in [3.8, 4) is 28.0 Å². The van der Waals surface area contributed by atoms with Crippen molar-refractivity contribution < 1.29 is 9.90 Å². The van der Waals surface area contributed by atoms with E-state index in [9.17, 15) is 9.90 Å². The molecule has 174 valence electrons. The number of carbonyl (C=O) groups excluding carboxylic acids is 1. The molecule has 8 heteroatoms. The number of carbonyl (C=O) groups is 1. The predicted molar refractivity (Wildman–Crippen MR) is 135 cm³/mol. The highest BCUT2D eigenvalue weighted by Gasteiger charge is 2.23. The first-order chi connectivity index (χ1) is 17.2. The number of nitrogens with zero attached hydrogens (tertiary/aromatic N) is 4. The van der Waals surface area contributed by atoms with Crippen molar-refractivity contribution >= 4 is 22.6 Å². The van der Waals surface area contributed by atoms with E-state index in [1.165, 1.54) is 0 Å². The largest absolute Gasteiger partial charge is 0.506 e. The monoisotopic (exact) mass is 464 g/mol. The van der Waals surface area contributed by atoms with Gasteiger partial charge in [0.1, 0.15) is 11.4 Å². The van der Waals surface area contributed by atoms with E-state index < -0.39 is 0 Å². The van der Waals surface area contributed by atoms with E-state index in [0.29, 0.717) is 31.7 Å². The molecule has 0 radical (unpaired) electrons. The molecule has 3 aromatic heterocycles. The second kappa shape index (κ2) is 8.64. The number of hydrogen-bond acceptors (Lipinski definition) is 5. The molecular formula is C27H24N6O2. The lowest BCUT2D eigenvalue weighted by molar-refractivity contribution is 0.0746. The van der Waals surface area contributed by atoms with Gasteiger partial charge in [0.2, 0.25) is 0 Å². The Hall–Kier alpha value is -4.59. The van der Waals surface area contributed by atoms with Gasteiger partial charge in [0.15, 0.2) is 0 Å². The highest BCUT2D eigenvalue weighted by atomic mass is 16.3. The lowest BCUT2D eigenvalue weighted by Crippen LogP contribution is -2.48. The fourth-order valence-electron chi connectivity index (χ4n) is 4.67. The molecular weight excluding hydrogens is 440 g/mol. The average molecular weight is 465 g/mol. The summed E-state index contributed by atoms with van der Waals surface area (Å²) in [6.07, 6.45) is 7.43. The number of anilines is 1. The highest BCUT2D eigenvalue weighted by molar-refractivity contribution is 5.97. The Kier molecular flexibility index (Phi) is 5.18. The Labute approximate surface area is 201 Å². The van der Waals surface area contributed by atoms with Crippen LogP contribution in [0.4, 0.5) is 5.69 Å². The van der Waals surface area contributed by atoms with E-state index in [1.807, 2.05) is 66.0 Å². The number of amides is 1. The van der Waals surface area contributed by atoms with E-state index in [-0.39, 0.29) is 11.7 Å². The number of phenolic OH excluding ortho intramolecular Hbond substituents is 1. The molecule has 1 aliphatic heterocycles. The summed E-state index contributed by atoms with van der Waals surface area (Å²) in [5.41, 5.74) is 6.32. The Morgan fingerprint density at radius 3 is 2.43 bits per heavy atom. The van der Waals surface area contributed by atoms with Gasteiger partial charge >= 0.3 is 0 Å². The second-order valence-electron chi connectivity index (χ2n) is 8.65. The molecule has 6 rings (SSSR count). The van der Waals surface area contributed by atoms with Crippen LogP contribution in [0.15, 0.2) is 79.4 Å². The van der Waals surface area contributed by atoms with Crippen molar-refractivity contribution in [2.45, 2.75) is 0 Å². The molecule has 1 fully saturated rings. The molecule has 2 aromatic carbocycles. The molecule has 0 bridgehead atoms. The van der Waals surface area contributed by atoms with Gasteiger partial charge in [-0.25, -0.2) is 4.98 Å². The molecule has 0 atom stereocenters. The van der Waals surface area contributed by atoms with Gasteiger partial charge in [-0.05, 0) is 35.9 Å². The molecule has 4 heterocycles. The van der Waals surface area contributed by atoms with Gasteiger partial charge in [0.25, 0.3) is 5.91 Å². The summed E-state index contributed by atoms with van der Waals surface area (Å²) in [6, 6.07) is 17.1. The van der Waals surface area contributed by atoms with Crippen molar-refractivity contribution in [1.29, 1.82) is 0 Å². The van der Waals surface area contributed by atoms with Crippen molar-refractivity contribution in [3.63, 3.8) is 0 Å². The standard InChI is InChI=1S/C27H24N6O2/c34-25-4-2-1-3-24(25)32-9-11-33(12-10-32)27(35)19-7-5-18(6-8-19)20-13-22-23(21-15-30-31-16-21)17-29-26(22)28-14-20/h1-8,13-17,34H,9-12H2,(H,28,29)(H,30,31). The third-order valence-corrected chi connectivity index (χ3v) is 6.59. The maximum absolute atomic E-state index is 13.1. The number of aromatic amines is 2. The number of pyridine rings is 1. The summed E-state index contributed by atoms with van der Waals surface area (Å²) in [7, 11) is 0. The zero-order chi connectivity index (χ0) is 23.8. The maximum atomic E-state index is 13.1. The number of nitrogens with one attached hydrogen (secondary N) is 2. The zero-order valence-electron chi connectivity index (χ0n) is 19.0. The van der Waals surface area contributed by atoms with Crippen molar-refractivity contribution in [1.82, 2.24) is 25.1 Å². The van der Waals surface area contributed by atoms with Crippen LogP contribution in [-0.4, -0.2) is 62.3 Å². The molecule has 0 unspecified atom stereocenters. The molecule has 8 nitrogen and oxygen atoms in total. The first kappa shape index (κ1) is 21.0. The Balaban J connectivity index is 1.17. The lowest BCUT2D eigenvalue weighted by atomic mass is 10.0. The van der Waals surface area contributed by atoms with Crippen molar-refractivity contribution in [3.05, 3.63) is 84.9 Å². The number of aromatic hydroxyl groups is 1. The van der Waals surface area contributed by atoms with E-state index in [0.717, 1.165) is 39.0 Å². The topological polar surface area (TPSA) is 101 Å². The minimum atomic E-state index is 0.0231. The Morgan fingerprint density at radius 1 is 0.886 bits per heavy atom. The summed E-state index contributed by atoms with van der Waals surface area (Å²) < 4.78 is 0. The smallest absolute Gasteiger partial charge is 0.253 e. The summed E-state index contributed by atoms with van der Waals surface area (Å²) in [5, 5.41) is 18.0. The number of H-pyrrole nitrogens is 2. The van der Waals surface area contributed by atoms with Crippen LogP contribution < -0.4 is 4.90 Å². The third kappa shape index (κ3) is 3.89. The highest BCUT2D eigenvalue weighted by Crippen LogP contribution is 2.31. The van der Waals surface area contributed by atoms with Gasteiger partial charge < -0.3 is 19.9 Å². The van der Waals surface area contributed by atoms with Crippen LogP contribution >= 0.6 is 0 Å². The fraction of sp³-hybridized carbons (Fsp3) is 0.148. The number of benzene rings is 2. The number of hydrogen-bond donors (Lipinski definition) is 3. The number of fused-ring (bicyclic) bond motifs is 1. The zero-order valence-corrected chi connectivity index (χ0v) is 19.0. The molecule has 35 heavy (non-hydrogen) atoms. The van der Waals surface area contributed by atoms with Crippen LogP contribution in [0, 0.1) is 0 Å². The van der Waals surface area contributed by atoms with E-state index in [2.05, 4.69) is 31.1 Å². The summed E-state index contributed by atoms with van der Waals surface area (Å²) in [4.78, 5) is 24.9. The van der Waals surface area contributed by atoms with Gasteiger partial charge in [0.05, 0.1) is 11.9 Å². The molecule has 0 saturated carbocycles. The maximum Gasteiger partial charge on any atom is 0.253 e. The fourth-order valence-corrected chi connectivity index (χ4v) is 4.67. The molecule has 0 spiro atoms. The molecule has 3 N–H and O–H groups in total. The number of phenols is 1. The van der Waals surface area contributed by atoms with Crippen molar-refractivity contribution in [2.24, 2.45) is 0 Å². The van der Waals surface area contributed by atoms with Crippen molar-refractivity contribution in [2.75, 3.05) is 31.1 Å². The first-order valence-electron chi connectivity index (χ1n) is 11.6. The number of para-hydroxylation sites is 2. The molecule has 5 aromatic rings. The molecule has 1 amide bonds. The quantitative estimate of drug-likeness (QED) is 0.368. The van der Waals surface area contributed by atoms with E-state index in [4.69, 9.17) is 0 Å². The number of piperazine rings is 1.